The van der Waals surface area contributed by atoms with Crippen molar-refractivity contribution in [2.24, 2.45) is 0 Å². The van der Waals surface area contributed by atoms with Crippen molar-refractivity contribution < 1.29 is 8.42 Å². The molecule has 1 aromatic rings. The lowest BCUT2D eigenvalue weighted by Gasteiger charge is -2.25. The van der Waals surface area contributed by atoms with Crippen LogP contribution in [0, 0.1) is 0 Å². The van der Waals surface area contributed by atoms with Gasteiger partial charge in [0, 0.05) is 6.04 Å². The quantitative estimate of drug-likeness (QED) is 0.742. The highest BCUT2D eigenvalue weighted by Gasteiger charge is 2.20. The number of aromatic nitrogens is 2. The van der Waals surface area contributed by atoms with Gasteiger partial charge in [0.15, 0.2) is 0 Å². The predicted molar refractivity (Wildman–Crippen MR) is 54.5 cm³/mol. The Morgan fingerprint density at radius 3 is 2.14 bits per heavy atom. The Hall–Kier alpha value is -1.17. The molecule has 1 heterocycles. The number of rotatable bonds is 3. The van der Waals surface area contributed by atoms with E-state index in [4.69, 9.17) is 0 Å². The average molecular weight is 215 g/mol. The van der Waals surface area contributed by atoms with Crippen LogP contribution in [-0.4, -0.2) is 30.7 Å². The third-order valence-corrected chi connectivity index (χ3v) is 2.97. The molecule has 1 rings (SSSR count). The van der Waals surface area contributed by atoms with Gasteiger partial charge in [0.25, 0.3) is 0 Å². The van der Waals surface area contributed by atoms with Crippen LogP contribution in [0.25, 0.3) is 0 Å². The second-order valence-electron chi connectivity index (χ2n) is 3.25. The third kappa shape index (κ3) is 2.41. The van der Waals surface area contributed by atoms with Crippen molar-refractivity contribution in [1.82, 2.24) is 9.97 Å². The van der Waals surface area contributed by atoms with Gasteiger partial charge in [-0.3, -0.25) is 4.31 Å². The second kappa shape index (κ2) is 3.91. The van der Waals surface area contributed by atoms with Gasteiger partial charge >= 0.3 is 0 Å². The first-order valence-corrected chi connectivity index (χ1v) is 6.02. The van der Waals surface area contributed by atoms with Crippen LogP contribution in [0.15, 0.2) is 18.7 Å². The predicted octanol–water partition coefficient (Wildman–Crippen LogP) is 0.651. The molecule has 0 aliphatic rings. The van der Waals surface area contributed by atoms with Crippen LogP contribution in [0.3, 0.4) is 0 Å². The Labute approximate surface area is 83.9 Å². The van der Waals surface area contributed by atoms with Crippen molar-refractivity contribution in [2.75, 3.05) is 10.6 Å². The first-order chi connectivity index (χ1) is 6.43. The van der Waals surface area contributed by atoms with E-state index in [0.717, 1.165) is 0 Å². The molecule has 1 aromatic heterocycles. The van der Waals surface area contributed by atoms with Gasteiger partial charge in [0.05, 0.1) is 24.3 Å². The lowest BCUT2D eigenvalue weighted by Crippen LogP contribution is -2.36. The first kappa shape index (κ1) is 10.9. The van der Waals surface area contributed by atoms with Gasteiger partial charge in [-0.1, -0.05) is 0 Å². The van der Waals surface area contributed by atoms with E-state index >= 15 is 0 Å². The number of anilines is 1. The largest absolute Gasteiger partial charge is 0.265 e. The maximum Gasteiger partial charge on any atom is 0.232 e. The highest BCUT2D eigenvalue weighted by molar-refractivity contribution is 7.92. The van der Waals surface area contributed by atoms with E-state index in [-0.39, 0.29) is 6.04 Å². The Kier molecular flexibility index (Phi) is 3.05. The average Bonchev–Trinajstić information content (AvgIpc) is 2.02. The summed E-state index contributed by atoms with van der Waals surface area (Å²) in [6, 6.07) is -0.143. The zero-order chi connectivity index (χ0) is 10.8. The van der Waals surface area contributed by atoms with Crippen molar-refractivity contribution in [2.45, 2.75) is 19.9 Å². The van der Waals surface area contributed by atoms with Crippen LogP contribution in [0.2, 0.25) is 0 Å². The number of sulfonamides is 1. The van der Waals surface area contributed by atoms with E-state index in [9.17, 15) is 8.42 Å². The molecule has 0 unspecified atom stereocenters. The topological polar surface area (TPSA) is 63.2 Å². The molecule has 0 saturated carbocycles. The fourth-order valence-electron chi connectivity index (χ4n) is 1.28. The van der Waals surface area contributed by atoms with Gasteiger partial charge in [-0.05, 0) is 13.8 Å². The molecule has 0 fully saturated rings. The van der Waals surface area contributed by atoms with E-state index in [2.05, 4.69) is 9.97 Å². The van der Waals surface area contributed by atoms with Gasteiger partial charge < -0.3 is 0 Å². The normalized spacial score (nSPS) is 11.7. The number of hydrogen-bond acceptors (Lipinski definition) is 4. The van der Waals surface area contributed by atoms with Gasteiger partial charge in [-0.2, -0.15) is 0 Å². The molecule has 0 bridgehead atoms. The van der Waals surface area contributed by atoms with Crippen LogP contribution >= 0.6 is 0 Å². The minimum atomic E-state index is -3.26. The van der Waals surface area contributed by atoms with E-state index in [0.29, 0.717) is 5.69 Å². The van der Waals surface area contributed by atoms with Gasteiger partial charge in [-0.25, -0.2) is 18.4 Å². The summed E-state index contributed by atoms with van der Waals surface area (Å²) < 4.78 is 24.2. The van der Waals surface area contributed by atoms with Crippen LogP contribution in [-0.2, 0) is 10.0 Å². The Balaban J connectivity index is 3.15. The van der Waals surface area contributed by atoms with Crippen molar-refractivity contribution in [3.63, 3.8) is 0 Å². The van der Waals surface area contributed by atoms with E-state index < -0.39 is 10.0 Å². The van der Waals surface area contributed by atoms with Crippen molar-refractivity contribution in [3.05, 3.63) is 18.7 Å². The summed E-state index contributed by atoms with van der Waals surface area (Å²) in [6.45, 7) is 3.60. The molecule has 0 aliphatic heterocycles. The summed E-state index contributed by atoms with van der Waals surface area (Å²) >= 11 is 0. The van der Waals surface area contributed by atoms with Gasteiger partial charge in [0.2, 0.25) is 10.0 Å². The second-order valence-corrected chi connectivity index (χ2v) is 5.11. The molecule has 0 saturated heterocycles. The van der Waals surface area contributed by atoms with Gasteiger partial charge in [0.1, 0.15) is 6.33 Å². The van der Waals surface area contributed by atoms with E-state index in [1.807, 2.05) is 0 Å². The Bertz CT molecular complexity index is 388. The molecule has 5 nitrogen and oxygen atoms in total. The van der Waals surface area contributed by atoms with Crippen molar-refractivity contribution >= 4 is 15.7 Å². The molecule has 0 radical (unpaired) electrons. The molecule has 14 heavy (non-hydrogen) atoms. The monoisotopic (exact) mass is 215 g/mol. The zero-order valence-corrected chi connectivity index (χ0v) is 9.19. The maximum absolute atomic E-state index is 11.4. The van der Waals surface area contributed by atoms with Crippen LogP contribution in [0.4, 0.5) is 5.69 Å². The van der Waals surface area contributed by atoms with Crippen molar-refractivity contribution in [1.29, 1.82) is 0 Å². The SMILES string of the molecule is CC(C)N(c1cncnc1)S(C)(=O)=O. The van der Waals surface area contributed by atoms with E-state index in [1.54, 1.807) is 13.8 Å². The summed E-state index contributed by atoms with van der Waals surface area (Å²) in [5.74, 6) is 0. The minimum absolute atomic E-state index is 0.143. The van der Waals surface area contributed by atoms with Crippen LogP contribution in [0.5, 0.6) is 0 Å². The molecule has 78 valence electrons. The minimum Gasteiger partial charge on any atom is -0.265 e. The summed E-state index contributed by atoms with van der Waals surface area (Å²) in [5, 5.41) is 0. The molecular formula is C8H13N3O2S. The fraction of sp³-hybridized carbons (Fsp3) is 0.500. The molecule has 6 heteroatoms. The van der Waals surface area contributed by atoms with Gasteiger partial charge in [-0.15, -0.1) is 0 Å². The van der Waals surface area contributed by atoms with Crippen LogP contribution in [0.1, 0.15) is 13.8 Å². The summed E-state index contributed by atoms with van der Waals surface area (Å²) in [6.07, 6.45) is 5.49. The maximum atomic E-state index is 11.4. The molecule has 0 N–H and O–H groups in total. The molecular weight excluding hydrogens is 202 g/mol. The standard InChI is InChI=1S/C8H13N3O2S/c1-7(2)11(14(3,12)13)8-4-9-6-10-5-8/h4-7H,1-3H3. The Morgan fingerprint density at radius 2 is 1.79 bits per heavy atom. The summed E-state index contributed by atoms with van der Waals surface area (Å²) in [4.78, 5) is 7.57. The molecule has 0 aliphatic carbocycles. The lowest BCUT2D eigenvalue weighted by atomic mass is 10.4. The summed E-state index contributed by atoms with van der Waals surface area (Å²) in [7, 11) is -3.26. The first-order valence-electron chi connectivity index (χ1n) is 4.17. The molecule has 0 spiro atoms. The smallest absolute Gasteiger partial charge is 0.232 e. The molecule has 0 atom stereocenters. The zero-order valence-electron chi connectivity index (χ0n) is 8.38. The lowest BCUT2D eigenvalue weighted by molar-refractivity contribution is 0.590. The number of nitrogens with zero attached hydrogens (tertiary/aromatic N) is 3. The highest BCUT2D eigenvalue weighted by atomic mass is 32.2. The van der Waals surface area contributed by atoms with Crippen molar-refractivity contribution in [3.8, 4) is 0 Å². The summed E-state index contributed by atoms with van der Waals surface area (Å²) in [5.41, 5.74) is 0.491. The highest BCUT2D eigenvalue weighted by Crippen LogP contribution is 2.17. The van der Waals surface area contributed by atoms with Crippen LogP contribution < -0.4 is 4.31 Å². The number of hydrogen-bond donors (Lipinski definition) is 0. The Morgan fingerprint density at radius 1 is 1.29 bits per heavy atom. The van der Waals surface area contributed by atoms with E-state index in [1.165, 1.54) is 29.3 Å². The molecule has 0 amide bonds. The third-order valence-electron chi connectivity index (χ3n) is 1.63. The molecule has 0 aromatic carbocycles. The fourth-order valence-corrected chi connectivity index (χ4v) is 2.52.